The molecule has 0 spiro atoms. The van der Waals surface area contributed by atoms with E-state index in [2.05, 4.69) is 15.0 Å². The summed E-state index contributed by atoms with van der Waals surface area (Å²) in [6, 6.07) is 0. The summed E-state index contributed by atoms with van der Waals surface area (Å²) in [5.74, 6) is 2.38. The van der Waals surface area contributed by atoms with Gasteiger partial charge in [0.05, 0.1) is 0 Å². The minimum absolute atomic E-state index is 0.792. The monoisotopic (exact) mass is 213 g/mol. The molecule has 0 aliphatic rings. The van der Waals surface area contributed by atoms with E-state index in [1.165, 1.54) is 0 Å². The van der Waals surface area contributed by atoms with Gasteiger partial charge in [-0.1, -0.05) is 41.5 Å². The van der Waals surface area contributed by atoms with Gasteiger partial charge in [0, 0.05) is 0 Å². The minimum Gasteiger partial charge on any atom is -0.219 e. The molecule has 0 bridgehead atoms. The Morgan fingerprint density at radius 2 is 0.600 bits per heavy atom. The molecular weight excluding hydrogens is 186 g/mol. The molecule has 0 aromatic carbocycles. The van der Waals surface area contributed by atoms with Crippen LogP contribution < -0.4 is 0 Å². The van der Waals surface area contributed by atoms with Crippen LogP contribution in [0, 0.1) is 20.8 Å². The maximum absolute atomic E-state index is 4.01. The van der Waals surface area contributed by atoms with Gasteiger partial charge in [-0.2, -0.15) is 0 Å². The van der Waals surface area contributed by atoms with E-state index in [1.54, 1.807) is 0 Å². The summed E-state index contributed by atoms with van der Waals surface area (Å²) < 4.78 is 0. The Morgan fingerprint density at radius 3 is 0.733 bits per heavy atom. The van der Waals surface area contributed by atoms with Crippen LogP contribution in [0.3, 0.4) is 0 Å². The second-order valence-electron chi connectivity index (χ2n) is 1.98. The molecule has 0 N–H and O–H groups in total. The Morgan fingerprint density at radius 1 is 0.467 bits per heavy atom. The van der Waals surface area contributed by atoms with E-state index in [4.69, 9.17) is 0 Å². The second-order valence-corrected chi connectivity index (χ2v) is 1.98. The van der Waals surface area contributed by atoms with Crippen LogP contribution >= 0.6 is 0 Å². The summed E-state index contributed by atoms with van der Waals surface area (Å²) in [6.45, 7) is 17.6. The van der Waals surface area contributed by atoms with Crippen molar-refractivity contribution >= 4 is 0 Å². The van der Waals surface area contributed by atoms with Crippen molar-refractivity contribution in [3.05, 3.63) is 17.5 Å². The third-order valence-electron chi connectivity index (χ3n) is 0.971. The number of hydrogen-bond donors (Lipinski definition) is 0. The van der Waals surface area contributed by atoms with E-state index in [1.807, 2.05) is 62.3 Å². The smallest absolute Gasteiger partial charge is 0.129 e. The molecule has 0 atom stereocenters. The van der Waals surface area contributed by atoms with Gasteiger partial charge in [0.15, 0.2) is 0 Å². The number of hydrogen-bond acceptors (Lipinski definition) is 3. The lowest BCUT2D eigenvalue weighted by molar-refractivity contribution is 0.875. The fourth-order valence-electron chi connectivity index (χ4n) is 0.777. The Labute approximate surface area is 95.4 Å². The number of aromatic nitrogens is 3. The normalized spacial score (nSPS) is 7.00. The van der Waals surface area contributed by atoms with E-state index in [0.29, 0.717) is 0 Å². The summed E-state index contributed by atoms with van der Waals surface area (Å²) in [5.41, 5.74) is 0. The Hall–Kier alpha value is -0.990. The van der Waals surface area contributed by atoms with Gasteiger partial charge in [-0.3, -0.25) is 0 Å². The average molecular weight is 213 g/mol. The topological polar surface area (TPSA) is 38.7 Å². The molecule has 3 nitrogen and oxygen atoms in total. The van der Waals surface area contributed by atoms with E-state index < -0.39 is 0 Å². The molecule has 3 heteroatoms. The standard InChI is InChI=1S/C6H9N3.3C2H6/c1-4-7-5(2)9-6(3)8-4;3*1-2/h1-3H3;3*1-2H3. The average Bonchev–Trinajstić information content (AvgIpc) is 2.24. The lowest BCUT2D eigenvalue weighted by atomic mass is 10.6. The molecule has 1 aromatic rings. The maximum Gasteiger partial charge on any atom is 0.129 e. The summed E-state index contributed by atoms with van der Waals surface area (Å²) in [6.07, 6.45) is 0. The molecule has 0 aliphatic carbocycles. The quantitative estimate of drug-likeness (QED) is 0.656. The Bertz CT molecular complexity index is 172. The molecule has 0 aliphatic heterocycles. The van der Waals surface area contributed by atoms with Crippen LogP contribution in [0.1, 0.15) is 59.0 Å². The molecule has 90 valence electrons. The Kier molecular flexibility index (Phi) is 20.2. The van der Waals surface area contributed by atoms with E-state index in [9.17, 15) is 0 Å². The van der Waals surface area contributed by atoms with E-state index in [0.717, 1.165) is 17.5 Å². The third kappa shape index (κ3) is 13.0. The highest BCUT2D eigenvalue weighted by Crippen LogP contribution is 1.90. The van der Waals surface area contributed by atoms with Gasteiger partial charge in [-0.25, -0.2) is 15.0 Å². The lowest BCUT2D eigenvalue weighted by Crippen LogP contribution is -1.97. The highest BCUT2D eigenvalue weighted by molar-refractivity contribution is 4.91. The van der Waals surface area contributed by atoms with Crippen LogP contribution in [-0.2, 0) is 0 Å². The van der Waals surface area contributed by atoms with Crippen LogP contribution in [0.25, 0.3) is 0 Å². The van der Waals surface area contributed by atoms with Crippen LogP contribution in [0.15, 0.2) is 0 Å². The lowest BCUT2D eigenvalue weighted by Gasteiger charge is -1.94. The molecule has 1 heterocycles. The molecule has 0 unspecified atom stereocenters. The highest BCUT2D eigenvalue weighted by Gasteiger charge is 1.91. The largest absolute Gasteiger partial charge is 0.219 e. The summed E-state index contributed by atoms with van der Waals surface area (Å²) in [4.78, 5) is 12.0. The van der Waals surface area contributed by atoms with Gasteiger partial charge in [-0.15, -0.1) is 0 Å². The number of rotatable bonds is 0. The van der Waals surface area contributed by atoms with Crippen molar-refractivity contribution in [2.75, 3.05) is 0 Å². The molecular formula is C12H27N3. The fourth-order valence-corrected chi connectivity index (χ4v) is 0.777. The number of nitrogens with zero attached hydrogens (tertiary/aromatic N) is 3. The molecule has 0 radical (unpaired) electrons. The van der Waals surface area contributed by atoms with Gasteiger partial charge in [0.25, 0.3) is 0 Å². The van der Waals surface area contributed by atoms with Crippen molar-refractivity contribution in [3.63, 3.8) is 0 Å². The van der Waals surface area contributed by atoms with Crippen LogP contribution in [0.5, 0.6) is 0 Å². The van der Waals surface area contributed by atoms with Gasteiger partial charge in [0.2, 0.25) is 0 Å². The first kappa shape index (κ1) is 19.6. The fraction of sp³-hybridized carbons (Fsp3) is 0.750. The van der Waals surface area contributed by atoms with Gasteiger partial charge in [-0.05, 0) is 20.8 Å². The zero-order chi connectivity index (χ0) is 12.9. The predicted molar refractivity (Wildman–Crippen MR) is 68.1 cm³/mol. The third-order valence-corrected chi connectivity index (χ3v) is 0.971. The van der Waals surface area contributed by atoms with E-state index >= 15 is 0 Å². The van der Waals surface area contributed by atoms with Crippen LogP contribution in [0.4, 0.5) is 0 Å². The molecule has 0 amide bonds. The molecule has 0 saturated carbocycles. The van der Waals surface area contributed by atoms with Crippen LogP contribution in [-0.4, -0.2) is 15.0 Å². The summed E-state index contributed by atoms with van der Waals surface area (Å²) in [7, 11) is 0. The van der Waals surface area contributed by atoms with E-state index in [-0.39, 0.29) is 0 Å². The molecule has 1 rings (SSSR count). The van der Waals surface area contributed by atoms with Crippen molar-refractivity contribution in [1.82, 2.24) is 15.0 Å². The Balaban J connectivity index is -0.000000208. The van der Waals surface area contributed by atoms with Gasteiger partial charge >= 0.3 is 0 Å². The first-order chi connectivity index (χ1) is 7.18. The molecule has 1 aromatic heterocycles. The predicted octanol–water partition coefficient (Wildman–Crippen LogP) is 3.88. The summed E-state index contributed by atoms with van der Waals surface area (Å²) in [5, 5.41) is 0. The number of aryl methyl sites for hydroxylation is 3. The maximum atomic E-state index is 4.01. The zero-order valence-corrected chi connectivity index (χ0v) is 11.8. The first-order valence-corrected chi connectivity index (χ1v) is 5.84. The van der Waals surface area contributed by atoms with Crippen molar-refractivity contribution in [3.8, 4) is 0 Å². The van der Waals surface area contributed by atoms with Gasteiger partial charge in [0.1, 0.15) is 17.5 Å². The minimum atomic E-state index is 0.792. The van der Waals surface area contributed by atoms with Gasteiger partial charge < -0.3 is 0 Å². The highest BCUT2D eigenvalue weighted by atomic mass is 15.0. The molecule has 0 fully saturated rings. The molecule has 15 heavy (non-hydrogen) atoms. The second kappa shape index (κ2) is 15.5. The molecule has 0 saturated heterocycles. The zero-order valence-electron chi connectivity index (χ0n) is 11.8. The van der Waals surface area contributed by atoms with Crippen molar-refractivity contribution in [1.29, 1.82) is 0 Å². The van der Waals surface area contributed by atoms with Crippen molar-refractivity contribution in [2.24, 2.45) is 0 Å². The summed E-state index contributed by atoms with van der Waals surface area (Å²) >= 11 is 0. The van der Waals surface area contributed by atoms with Crippen LogP contribution in [0.2, 0.25) is 0 Å². The van der Waals surface area contributed by atoms with Crippen molar-refractivity contribution < 1.29 is 0 Å². The first-order valence-electron chi connectivity index (χ1n) is 5.84. The SMILES string of the molecule is CC.CC.CC.Cc1nc(C)nc(C)n1. The van der Waals surface area contributed by atoms with Crippen molar-refractivity contribution in [2.45, 2.75) is 62.3 Å².